The van der Waals surface area contributed by atoms with Crippen LogP contribution in [0.1, 0.15) is 25.0 Å². The van der Waals surface area contributed by atoms with Gasteiger partial charge in [-0.15, -0.1) is 0 Å². The second-order valence-electron chi connectivity index (χ2n) is 3.92. The van der Waals surface area contributed by atoms with E-state index in [2.05, 4.69) is 0 Å². The highest BCUT2D eigenvalue weighted by molar-refractivity contribution is 7.53. The molecule has 14 heavy (non-hydrogen) atoms. The van der Waals surface area contributed by atoms with E-state index in [0.717, 1.165) is 5.56 Å². The summed E-state index contributed by atoms with van der Waals surface area (Å²) in [5.41, 5.74) is 1.61. The highest BCUT2D eigenvalue weighted by atomic mass is 31.2. The fraction of sp³-hybridized carbons (Fsp3) is 0.400. The van der Waals surface area contributed by atoms with Crippen molar-refractivity contribution in [3.05, 3.63) is 35.4 Å². The number of aryl methyl sites for hydroxylation is 1. The fourth-order valence-electron chi connectivity index (χ4n) is 1.42. The first-order valence-electron chi connectivity index (χ1n) is 4.38. The molecule has 1 rings (SSSR count). The van der Waals surface area contributed by atoms with Gasteiger partial charge in [-0.1, -0.05) is 24.3 Å². The van der Waals surface area contributed by atoms with Gasteiger partial charge in [0.25, 0.3) is 0 Å². The molecule has 0 spiro atoms. The van der Waals surface area contributed by atoms with Crippen molar-refractivity contribution in [1.29, 1.82) is 0 Å². The van der Waals surface area contributed by atoms with E-state index < -0.39 is 12.8 Å². The molecule has 78 valence electrons. The Kier molecular flexibility index (Phi) is 2.86. The van der Waals surface area contributed by atoms with Crippen LogP contribution in [0, 0.1) is 6.92 Å². The van der Waals surface area contributed by atoms with E-state index in [9.17, 15) is 14.4 Å². The van der Waals surface area contributed by atoms with Crippen molar-refractivity contribution in [3.63, 3.8) is 0 Å². The highest BCUT2D eigenvalue weighted by Gasteiger charge is 2.39. The van der Waals surface area contributed by atoms with Crippen LogP contribution in [0.5, 0.6) is 0 Å². The van der Waals surface area contributed by atoms with Crippen molar-refractivity contribution < 1.29 is 14.4 Å². The van der Waals surface area contributed by atoms with Crippen LogP contribution in [-0.2, 0) is 9.72 Å². The largest absolute Gasteiger partial charge is 0.335 e. The van der Waals surface area contributed by atoms with Crippen LogP contribution in [0.25, 0.3) is 0 Å². The maximum Gasteiger partial charge on any atom is 0.335 e. The summed E-state index contributed by atoms with van der Waals surface area (Å²) in [6, 6.07) is 7.26. The molecule has 1 aromatic rings. The van der Waals surface area contributed by atoms with Crippen LogP contribution in [-0.4, -0.2) is 9.79 Å². The molecule has 0 aromatic heterocycles. The molecule has 4 heteroatoms. The lowest BCUT2D eigenvalue weighted by atomic mass is 9.97. The summed E-state index contributed by atoms with van der Waals surface area (Å²) in [5.74, 6) is 0. The first-order chi connectivity index (χ1) is 6.27. The van der Waals surface area contributed by atoms with Crippen LogP contribution < -0.4 is 0 Å². The molecule has 0 aliphatic heterocycles. The lowest BCUT2D eigenvalue weighted by Crippen LogP contribution is -2.18. The average Bonchev–Trinajstić information content (AvgIpc) is 2.02. The van der Waals surface area contributed by atoms with E-state index >= 15 is 0 Å². The molecule has 1 aromatic carbocycles. The zero-order valence-corrected chi connectivity index (χ0v) is 9.45. The van der Waals surface area contributed by atoms with Gasteiger partial charge in [0.05, 0.1) is 5.16 Å². The molecule has 0 radical (unpaired) electrons. The third kappa shape index (κ3) is 1.90. The molecule has 0 amide bonds. The monoisotopic (exact) mass is 214 g/mol. The SMILES string of the molecule is Cc1ccccc1C(C)(C)P(=O)(O)O. The summed E-state index contributed by atoms with van der Waals surface area (Å²) in [4.78, 5) is 18.5. The van der Waals surface area contributed by atoms with Gasteiger partial charge in [0.15, 0.2) is 0 Å². The van der Waals surface area contributed by atoms with Crippen LogP contribution in [0.4, 0.5) is 0 Å². The first kappa shape index (κ1) is 11.4. The minimum Gasteiger partial charge on any atom is -0.324 e. The Balaban J connectivity index is 3.31. The maximum atomic E-state index is 11.3. The summed E-state index contributed by atoms with van der Waals surface area (Å²) in [7, 11) is -4.12. The number of benzene rings is 1. The summed E-state index contributed by atoms with van der Waals surface area (Å²) in [6.45, 7) is 4.99. The molecule has 0 atom stereocenters. The molecule has 0 heterocycles. The normalized spacial score (nSPS) is 12.9. The van der Waals surface area contributed by atoms with Crippen LogP contribution in [0.2, 0.25) is 0 Å². The predicted molar refractivity (Wildman–Crippen MR) is 56.2 cm³/mol. The summed E-state index contributed by atoms with van der Waals surface area (Å²) < 4.78 is 11.3. The van der Waals surface area contributed by atoms with Gasteiger partial charge < -0.3 is 9.79 Å². The number of hydrogen-bond donors (Lipinski definition) is 2. The zero-order chi connectivity index (χ0) is 11.0. The Morgan fingerprint density at radius 3 is 2.14 bits per heavy atom. The van der Waals surface area contributed by atoms with Gasteiger partial charge in [-0.3, -0.25) is 4.57 Å². The Morgan fingerprint density at radius 1 is 1.21 bits per heavy atom. The van der Waals surface area contributed by atoms with Gasteiger partial charge in [-0.05, 0) is 31.9 Å². The van der Waals surface area contributed by atoms with E-state index in [0.29, 0.717) is 5.56 Å². The van der Waals surface area contributed by atoms with Crippen molar-refractivity contribution >= 4 is 7.60 Å². The summed E-state index contributed by atoms with van der Waals surface area (Å²) in [5, 5.41) is -1.11. The molecule has 3 nitrogen and oxygen atoms in total. The predicted octanol–water partition coefficient (Wildman–Crippen LogP) is 2.41. The Bertz CT molecular complexity index is 379. The highest BCUT2D eigenvalue weighted by Crippen LogP contribution is 2.56. The molecular formula is C10H15O3P. The standard InChI is InChI=1S/C10H15O3P/c1-8-6-4-5-7-9(8)10(2,3)14(11,12)13/h4-7H,1-3H3,(H2,11,12,13). The second-order valence-corrected chi connectivity index (χ2v) is 6.12. The summed E-state index contributed by atoms with van der Waals surface area (Å²) in [6.07, 6.45) is 0. The number of hydrogen-bond acceptors (Lipinski definition) is 1. The van der Waals surface area contributed by atoms with Crippen LogP contribution >= 0.6 is 7.60 Å². The Hall–Kier alpha value is -0.630. The topological polar surface area (TPSA) is 57.5 Å². The van der Waals surface area contributed by atoms with Crippen LogP contribution in [0.3, 0.4) is 0 Å². The molecule has 0 unspecified atom stereocenters. The van der Waals surface area contributed by atoms with E-state index in [1.54, 1.807) is 26.0 Å². The molecule has 0 fully saturated rings. The second kappa shape index (κ2) is 3.50. The molecule has 0 aliphatic carbocycles. The van der Waals surface area contributed by atoms with Gasteiger partial charge in [0.1, 0.15) is 0 Å². The summed E-state index contributed by atoms with van der Waals surface area (Å²) >= 11 is 0. The lowest BCUT2D eigenvalue weighted by Gasteiger charge is -2.27. The lowest BCUT2D eigenvalue weighted by molar-refractivity contribution is 0.337. The third-order valence-corrected chi connectivity index (χ3v) is 4.23. The van der Waals surface area contributed by atoms with Gasteiger partial charge in [0.2, 0.25) is 0 Å². The van der Waals surface area contributed by atoms with Gasteiger partial charge in [-0.2, -0.15) is 0 Å². The van der Waals surface area contributed by atoms with E-state index in [4.69, 9.17) is 0 Å². The Labute approximate surface area is 83.9 Å². The molecule has 0 bridgehead atoms. The first-order valence-corrected chi connectivity index (χ1v) is 6.00. The van der Waals surface area contributed by atoms with Crippen molar-refractivity contribution in [3.8, 4) is 0 Å². The van der Waals surface area contributed by atoms with Crippen molar-refractivity contribution in [2.75, 3.05) is 0 Å². The average molecular weight is 214 g/mol. The Morgan fingerprint density at radius 2 is 1.71 bits per heavy atom. The zero-order valence-electron chi connectivity index (χ0n) is 8.56. The fourth-order valence-corrected chi connectivity index (χ4v) is 1.98. The minimum absolute atomic E-state index is 0.702. The molecule has 0 saturated heterocycles. The van der Waals surface area contributed by atoms with E-state index in [1.807, 2.05) is 19.1 Å². The third-order valence-electron chi connectivity index (χ3n) is 2.53. The van der Waals surface area contributed by atoms with Crippen molar-refractivity contribution in [1.82, 2.24) is 0 Å². The molecule has 0 aliphatic rings. The van der Waals surface area contributed by atoms with E-state index in [-0.39, 0.29) is 0 Å². The minimum atomic E-state index is -4.12. The van der Waals surface area contributed by atoms with Gasteiger partial charge in [-0.25, -0.2) is 0 Å². The molecule has 0 saturated carbocycles. The quantitative estimate of drug-likeness (QED) is 0.743. The maximum absolute atomic E-state index is 11.3. The van der Waals surface area contributed by atoms with E-state index in [1.165, 1.54) is 0 Å². The van der Waals surface area contributed by atoms with Crippen LogP contribution in [0.15, 0.2) is 24.3 Å². The molecule has 2 N–H and O–H groups in total. The smallest absolute Gasteiger partial charge is 0.324 e. The van der Waals surface area contributed by atoms with Gasteiger partial charge in [0, 0.05) is 0 Å². The number of rotatable bonds is 2. The van der Waals surface area contributed by atoms with Crippen molar-refractivity contribution in [2.24, 2.45) is 0 Å². The molecular weight excluding hydrogens is 199 g/mol. The van der Waals surface area contributed by atoms with Crippen molar-refractivity contribution in [2.45, 2.75) is 25.9 Å². The van der Waals surface area contributed by atoms with Gasteiger partial charge >= 0.3 is 7.60 Å².